The van der Waals surface area contributed by atoms with Gasteiger partial charge in [0.2, 0.25) is 17.1 Å². The molecule has 0 fully saturated rings. The van der Waals surface area contributed by atoms with Crippen molar-refractivity contribution in [3.8, 4) is 67.2 Å². The molecule has 0 bridgehead atoms. The summed E-state index contributed by atoms with van der Waals surface area (Å²) in [5.74, 6) is -1.66. The molecule has 0 amide bonds. The molecule has 69 heavy (non-hydrogen) atoms. The molecule has 348 valence electrons. The molecule has 0 aliphatic heterocycles. The van der Waals surface area contributed by atoms with Crippen molar-refractivity contribution in [1.82, 2.24) is 0 Å². The third-order valence-electron chi connectivity index (χ3n) is 13.1. The van der Waals surface area contributed by atoms with E-state index in [1.165, 1.54) is 34.7 Å². The molecule has 0 saturated heterocycles. The van der Waals surface area contributed by atoms with Crippen LogP contribution in [-0.2, 0) is 27.5 Å². The zero-order valence-corrected chi connectivity index (χ0v) is 42.2. The van der Waals surface area contributed by atoms with Crippen molar-refractivity contribution in [2.75, 3.05) is 0 Å². The van der Waals surface area contributed by atoms with Crippen LogP contribution in [0.25, 0.3) is 67.2 Å². The van der Waals surface area contributed by atoms with E-state index < -0.39 is 26.0 Å². The van der Waals surface area contributed by atoms with Gasteiger partial charge in [-0.05, 0) is 162 Å². The largest absolute Gasteiger partial charge is 0.213 e. The lowest BCUT2D eigenvalue weighted by Gasteiger charge is -2.12. The number of hydrogen-bond donors (Lipinski definition) is 0. The van der Waals surface area contributed by atoms with Gasteiger partial charge in [0.05, 0.1) is 0 Å². The van der Waals surface area contributed by atoms with Crippen LogP contribution in [0, 0.1) is 48.4 Å². The van der Waals surface area contributed by atoms with Crippen molar-refractivity contribution in [3.63, 3.8) is 0 Å². The van der Waals surface area contributed by atoms with Crippen LogP contribution in [0.15, 0.2) is 182 Å². The molecule has 1 unspecified atom stereocenters. The van der Waals surface area contributed by atoms with Gasteiger partial charge in [0.15, 0.2) is 18.6 Å². The van der Waals surface area contributed by atoms with Crippen molar-refractivity contribution in [2.45, 2.75) is 81.4 Å². The van der Waals surface area contributed by atoms with Gasteiger partial charge in [-0.25, -0.2) is 13.7 Å². The van der Waals surface area contributed by atoms with Crippen LogP contribution in [0.1, 0.15) is 89.0 Å². The summed E-state index contributed by atoms with van der Waals surface area (Å²) in [5, 5.41) is 0. The van der Waals surface area contributed by atoms with Gasteiger partial charge in [-0.2, -0.15) is 0 Å². The third-order valence-corrected chi connectivity index (χ3v) is 13.1. The molecule has 0 aliphatic carbocycles. The highest BCUT2D eigenvalue weighted by molar-refractivity contribution is 5.73. The SMILES string of the molecule is [2H]C([2H])(C)c1cc(-c2cc[n+](C)c(-c3ccccc3C)c2)ccc1C.[2H]C([2H])([2H])C([2H])(C)c1cc(-c2cc[n+](C)c(-c3ccccc3C)c2)ccc1C.[2H]C([2H])([2H])c1cc(-c2cc[n+](C)c(-c3ccccc3C)c2)ccc1C. The zero-order chi connectivity index (χ0) is 57.1. The molecule has 1 atom stereocenters. The minimum Gasteiger partial charge on any atom is -0.201 e. The maximum absolute atomic E-state index is 8.49. The van der Waals surface area contributed by atoms with Crippen LogP contribution >= 0.6 is 0 Å². The van der Waals surface area contributed by atoms with E-state index in [0.29, 0.717) is 11.1 Å². The van der Waals surface area contributed by atoms with Gasteiger partial charge in [-0.3, -0.25) is 0 Å². The molecule has 3 heteroatoms. The van der Waals surface area contributed by atoms with Crippen LogP contribution in [0.4, 0.5) is 0 Å². The van der Waals surface area contributed by atoms with Crippen LogP contribution in [0.2, 0.25) is 0 Å². The van der Waals surface area contributed by atoms with E-state index in [-0.39, 0.29) is 0 Å². The maximum atomic E-state index is 8.49. The summed E-state index contributed by atoms with van der Waals surface area (Å²) in [6.07, 6.45) is 4.75. The minimum atomic E-state index is -2.40. The summed E-state index contributed by atoms with van der Waals surface area (Å²) in [6, 6.07) is 54.9. The Labute approximate surface area is 426 Å². The van der Waals surface area contributed by atoms with Crippen LogP contribution in [0.3, 0.4) is 0 Å². The predicted molar refractivity (Wildman–Crippen MR) is 292 cm³/mol. The van der Waals surface area contributed by atoms with Crippen molar-refractivity contribution < 1.29 is 26.0 Å². The molecule has 0 aliphatic rings. The predicted octanol–water partition coefficient (Wildman–Crippen LogP) is 15.4. The average Bonchev–Trinajstić information content (AvgIpc) is 3.49. The molecule has 9 rings (SSSR count). The molecule has 0 saturated carbocycles. The lowest BCUT2D eigenvalue weighted by atomic mass is 9.93. The van der Waals surface area contributed by atoms with Crippen LogP contribution < -0.4 is 13.7 Å². The Morgan fingerprint density at radius 2 is 0.797 bits per heavy atom. The first-order valence-corrected chi connectivity index (χ1v) is 23.6. The summed E-state index contributed by atoms with van der Waals surface area (Å²) in [6.45, 7) is 10.6. The summed E-state index contributed by atoms with van der Waals surface area (Å²) in [7, 11) is 6.09. The number of pyridine rings is 3. The second kappa shape index (κ2) is 22.3. The van der Waals surface area contributed by atoms with Crippen molar-refractivity contribution in [1.29, 1.82) is 0 Å². The Bertz CT molecular complexity index is 3470. The third kappa shape index (κ3) is 11.7. The molecule has 0 spiro atoms. The first-order chi connectivity index (χ1) is 36.6. The smallest absolute Gasteiger partial charge is 0.201 e. The van der Waals surface area contributed by atoms with E-state index >= 15 is 0 Å². The quantitative estimate of drug-likeness (QED) is 0.135. The van der Waals surface area contributed by atoms with Gasteiger partial charge in [0.1, 0.15) is 21.1 Å². The molecular weight excluding hydrogens is 835 g/mol. The molecule has 0 radical (unpaired) electrons. The number of benzene rings is 6. The monoisotopic (exact) mass is 916 g/mol. The standard InChI is InChI=1S/C23H26N.C22H24N.C21H22N/c1-16(2)22-14-19(11-10-18(22)4)20-12-13-24(5)23(15-20)21-9-7-6-8-17(21)3;1-5-18-14-19(11-10-16(18)2)20-12-13-23(4)22(15-20)21-9-7-6-8-17(21)3;1-15-9-10-18(13-17(15)3)19-11-12-22(4)21(14-19)20-8-6-5-7-16(20)2/h6-16H,1-5H3;6-15H,5H2,1-4H3;5-14H,1-4H3/q3*+1/i1D3,16D;5D2;3D3. The highest BCUT2D eigenvalue weighted by atomic mass is 14.9. The van der Waals surface area contributed by atoms with E-state index in [4.69, 9.17) is 12.3 Å². The van der Waals surface area contributed by atoms with Crippen molar-refractivity contribution in [2.24, 2.45) is 21.1 Å². The number of aromatic nitrogens is 3. The van der Waals surface area contributed by atoms with Crippen LogP contribution in [-0.4, -0.2) is 0 Å². The summed E-state index contributed by atoms with van der Waals surface area (Å²) < 4.78 is 77.5. The number of rotatable bonds is 8. The van der Waals surface area contributed by atoms with E-state index in [2.05, 4.69) is 127 Å². The minimum absolute atomic E-state index is 0.413. The fourth-order valence-corrected chi connectivity index (χ4v) is 8.71. The summed E-state index contributed by atoms with van der Waals surface area (Å²) in [4.78, 5) is 0. The Morgan fingerprint density at radius 1 is 0.420 bits per heavy atom. The second-order valence-corrected chi connectivity index (χ2v) is 18.1. The fourth-order valence-electron chi connectivity index (χ4n) is 8.71. The number of aryl methyl sites for hydroxylation is 11. The highest BCUT2D eigenvalue weighted by Gasteiger charge is 2.17. The number of hydrogen-bond acceptors (Lipinski definition) is 0. The van der Waals surface area contributed by atoms with E-state index in [1.54, 1.807) is 13.0 Å². The lowest BCUT2D eigenvalue weighted by Crippen LogP contribution is -2.30. The Morgan fingerprint density at radius 3 is 1.20 bits per heavy atom. The molecule has 6 aromatic carbocycles. The molecule has 0 N–H and O–H groups in total. The van der Waals surface area contributed by atoms with Crippen LogP contribution in [0.5, 0.6) is 0 Å². The van der Waals surface area contributed by atoms with E-state index in [0.717, 1.165) is 78.3 Å². The molecule has 3 aromatic heterocycles. The normalized spacial score (nSPS) is 14.2. The fraction of sp³-hybridized carbons (Fsp3) is 0.227. The van der Waals surface area contributed by atoms with Gasteiger partial charge >= 0.3 is 0 Å². The highest BCUT2D eigenvalue weighted by Crippen LogP contribution is 2.31. The van der Waals surface area contributed by atoms with Gasteiger partial charge < -0.3 is 0 Å². The topological polar surface area (TPSA) is 11.6 Å². The molecule has 3 nitrogen and oxygen atoms in total. The molecule has 3 heterocycles. The second-order valence-electron chi connectivity index (χ2n) is 18.1. The van der Waals surface area contributed by atoms with Gasteiger partial charge in [0, 0.05) is 65.4 Å². The Balaban J connectivity index is 0.000000170. The first-order valence-electron chi connectivity index (χ1n) is 28.1. The average molecular weight is 916 g/mol. The van der Waals surface area contributed by atoms with Crippen molar-refractivity contribution >= 4 is 0 Å². The Kier molecular flexibility index (Phi) is 12.5. The molecular formula is C66H72N3+3. The Hall–Kier alpha value is -7.23. The van der Waals surface area contributed by atoms with E-state index in [9.17, 15) is 0 Å². The van der Waals surface area contributed by atoms with Crippen molar-refractivity contribution in [3.05, 3.63) is 232 Å². The first kappa shape index (κ1) is 38.7. The number of nitrogens with zero attached hydrogens (tertiary/aromatic N) is 3. The van der Waals surface area contributed by atoms with E-state index in [1.807, 2.05) is 126 Å². The molecule has 9 aromatic rings. The zero-order valence-electron chi connectivity index (χ0n) is 51.2. The summed E-state index contributed by atoms with van der Waals surface area (Å²) in [5.41, 5.74) is 20.8. The lowest BCUT2D eigenvalue weighted by molar-refractivity contribution is -0.660. The maximum Gasteiger partial charge on any atom is 0.213 e. The van der Waals surface area contributed by atoms with Gasteiger partial charge in [0.25, 0.3) is 0 Å². The van der Waals surface area contributed by atoms with Gasteiger partial charge in [-0.1, -0.05) is 130 Å². The summed E-state index contributed by atoms with van der Waals surface area (Å²) >= 11 is 0. The van der Waals surface area contributed by atoms with Gasteiger partial charge in [-0.15, -0.1) is 0 Å².